The van der Waals surface area contributed by atoms with Gasteiger partial charge < -0.3 is 9.64 Å². The first-order chi connectivity index (χ1) is 9.22. The predicted octanol–water partition coefficient (Wildman–Crippen LogP) is 3.98. The van der Waals surface area contributed by atoms with Gasteiger partial charge in [-0.2, -0.15) is 0 Å². The highest BCUT2D eigenvalue weighted by Crippen LogP contribution is 2.32. The summed E-state index contributed by atoms with van der Waals surface area (Å²) in [5.41, 5.74) is 0. The van der Waals surface area contributed by atoms with Crippen molar-refractivity contribution in [2.75, 3.05) is 13.1 Å². The SMILES string of the molecule is Fc1cc(Br)ccc1O[C@H]1C[C@H](N2CCCCC2)C1. The minimum Gasteiger partial charge on any atom is -0.487 e. The molecule has 4 heteroatoms. The fraction of sp³-hybridized carbons (Fsp3) is 0.600. The van der Waals surface area contributed by atoms with Gasteiger partial charge in [-0.1, -0.05) is 22.4 Å². The van der Waals surface area contributed by atoms with Gasteiger partial charge >= 0.3 is 0 Å². The molecular formula is C15H19BrFNO. The lowest BCUT2D eigenvalue weighted by Crippen LogP contribution is -2.50. The summed E-state index contributed by atoms with van der Waals surface area (Å²) in [4.78, 5) is 2.57. The maximum absolute atomic E-state index is 13.7. The molecule has 0 unspecified atom stereocenters. The van der Waals surface area contributed by atoms with Crippen molar-refractivity contribution < 1.29 is 9.13 Å². The molecule has 0 aromatic heterocycles. The van der Waals surface area contributed by atoms with Crippen LogP contribution in [0.1, 0.15) is 32.1 Å². The lowest BCUT2D eigenvalue weighted by atomic mass is 9.86. The Morgan fingerprint density at radius 2 is 1.89 bits per heavy atom. The fourth-order valence-corrected chi connectivity index (χ4v) is 3.30. The van der Waals surface area contributed by atoms with E-state index >= 15 is 0 Å². The van der Waals surface area contributed by atoms with Crippen LogP contribution in [0, 0.1) is 5.82 Å². The van der Waals surface area contributed by atoms with E-state index in [1.54, 1.807) is 6.07 Å². The van der Waals surface area contributed by atoms with Gasteiger partial charge in [-0.25, -0.2) is 4.39 Å². The van der Waals surface area contributed by atoms with E-state index in [0.717, 1.165) is 17.3 Å². The number of rotatable bonds is 3. The van der Waals surface area contributed by atoms with Crippen LogP contribution in [0.5, 0.6) is 5.75 Å². The van der Waals surface area contributed by atoms with Crippen molar-refractivity contribution in [3.05, 3.63) is 28.5 Å². The second-order valence-electron chi connectivity index (χ2n) is 5.54. The van der Waals surface area contributed by atoms with Crippen LogP contribution in [0.25, 0.3) is 0 Å². The van der Waals surface area contributed by atoms with Gasteiger partial charge in [0.1, 0.15) is 6.10 Å². The number of hydrogen-bond donors (Lipinski definition) is 0. The molecule has 1 aliphatic carbocycles. The third-order valence-corrected chi connectivity index (χ3v) is 4.66. The molecule has 1 heterocycles. The summed E-state index contributed by atoms with van der Waals surface area (Å²) < 4.78 is 20.1. The van der Waals surface area contributed by atoms with Crippen molar-refractivity contribution >= 4 is 15.9 Å². The summed E-state index contributed by atoms with van der Waals surface area (Å²) in [6, 6.07) is 5.63. The number of benzene rings is 1. The Kier molecular flexibility index (Phi) is 4.08. The molecule has 1 aromatic rings. The number of halogens is 2. The summed E-state index contributed by atoms with van der Waals surface area (Å²) in [6.45, 7) is 2.45. The summed E-state index contributed by atoms with van der Waals surface area (Å²) in [7, 11) is 0. The monoisotopic (exact) mass is 327 g/mol. The predicted molar refractivity (Wildman–Crippen MR) is 77.0 cm³/mol. The molecule has 2 nitrogen and oxygen atoms in total. The van der Waals surface area contributed by atoms with Gasteiger partial charge in [-0.15, -0.1) is 0 Å². The highest BCUT2D eigenvalue weighted by atomic mass is 79.9. The lowest BCUT2D eigenvalue weighted by Gasteiger charge is -2.44. The Balaban J connectivity index is 1.50. The van der Waals surface area contributed by atoms with E-state index in [-0.39, 0.29) is 11.9 Å². The zero-order valence-corrected chi connectivity index (χ0v) is 12.5. The van der Waals surface area contributed by atoms with Gasteiger partial charge in [0.05, 0.1) is 0 Å². The molecule has 3 rings (SSSR count). The van der Waals surface area contributed by atoms with Gasteiger partial charge in [0, 0.05) is 23.4 Å². The molecule has 0 N–H and O–H groups in total. The van der Waals surface area contributed by atoms with E-state index < -0.39 is 0 Å². The Hall–Kier alpha value is -0.610. The first-order valence-electron chi connectivity index (χ1n) is 7.08. The van der Waals surface area contributed by atoms with E-state index in [4.69, 9.17) is 4.74 Å². The molecule has 104 valence electrons. The molecular weight excluding hydrogens is 309 g/mol. The standard InChI is InChI=1S/C15H19BrFNO/c16-11-4-5-15(14(17)8-11)19-13-9-12(10-13)18-6-2-1-3-7-18/h4-5,8,12-13H,1-3,6-7,9-10H2/t12-,13-. The van der Waals surface area contributed by atoms with Crippen LogP contribution < -0.4 is 4.74 Å². The number of ether oxygens (including phenoxy) is 1. The van der Waals surface area contributed by atoms with Gasteiger partial charge in [0.15, 0.2) is 11.6 Å². The fourth-order valence-electron chi connectivity index (χ4n) is 2.97. The normalized spacial score (nSPS) is 27.9. The quantitative estimate of drug-likeness (QED) is 0.832. The maximum atomic E-state index is 13.7. The second kappa shape index (κ2) is 5.80. The van der Waals surface area contributed by atoms with Crippen LogP contribution in [-0.2, 0) is 0 Å². The molecule has 2 aliphatic rings. The van der Waals surface area contributed by atoms with Gasteiger partial charge in [0.2, 0.25) is 0 Å². The van der Waals surface area contributed by atoms with Crippen molar-refractivity contribution in [3.8, 4) is 5.75 Å². The highest BCUT2D eigenvalue weighted by Gasteiger charge is 2.35. The minimum absolute atomic E-state index is 0.183. The number of likely N-dealkylation sites (tertiary alicyclic amines) is 1. The van der Waals surface area contributed by atoms with Crippen molar-refractivity contribution in [1.29, 1.82) is 0 Å². The average Bonchev–Trinajstić information content (AvgIpc) is 2.36. The number of hydrogen-bond acceptors (Lipinski definition) is 2. The molecule has 1 aliphatic heterocycles. The molecule has 0 spiro atoms. The van der Waals surface area contributed by atoms with Crippen molar-refractivity contribution in [1.82, 2.24) is 4.90 Å². The molecule has 1 saturated carbocycles. The highest BCUT2D eigenvalue weighted by molar-refractivity contribution is 9.10. The van der Waals surface area contributed by atoms with Crippen LogP contribution in [0.3, 0.4) is 0 Å². The average molecular weight is 328 g/mol. The van der Waals surface area contributed by atoms with Crippen molar-refractivity contribution in [2.45, 2.75) is 44.2 Å². The first-order valence-corrected chi connectivity index (χ1v) is 7.87. The zero-order valence-electron chi connectivity index (χ0n) is 10.9. The number of piperidine rings is 1. The smallest absolute Gasteiger partial charge is 0.166 e. The van der Waals surface area contributed by atoms with Crippen LogP contribution in [-0.4, -0.2) is 30.1 Å². The minimum atomic E-state index is -0.282. The van der Waals surface area contributed by atoms with E-state index in [0.29, 0.717) is 11.8 Å². The Morgan fingerprint density at radius 3 is 2.58 bits per heavy atom. The molecule has 1 saturated heterocycles. The van der Waals surface area contributed by atoms with Crippen LogP contribution >= 0.6 is 15.9 Å². The van der Waals surface area contributed by atoms with Gasteiger partial charge in [-0.05, 0) is 44.1 Å². The molecule has 1 aromatic carbocycles. The van der Waals surface area contributed by atoms with E-state index in [1.807, 2.05) is 6.07 Å². The molecule has 0 atom stereocenters. The van der Waals surface area contributed by atoms with Crippen molar-refractivity contribution in [2.24, 2.45) is 0 Å². The largest absolute Gasteiger partial charge is 0.487 e. The van der Waals surface area contributed by atoms with Crippen molar-refractivity contribution in [3.63, 3.8) is 0 Å². The molecule has 0 amide bonds. The van der Waals surface area contributed by atoms with E-state index in [9.17, 15) is 4.39 Å². The summed E-state index contributed by atoms with van der Waals surface area (Å²) in [5.74, 6) is 0.0982. The first kappa shape index (κ1) is 13.4. The van der Waals surface area contributed by atoms with Gasteiger partial charge in [-0.3, -0.25) is 0 Å². The summed E-state index contributed by atoms with van der Waals surface area (Å²) >= 11 is 3.25. The summed E-state index contributed by atoms with van der Waals surface area (Å²) in [5, 5.41) is 0. The summed E-state index contributed by atoms with van der Waals surface area (Å²) in [6.07, 6.45) is 6.27. The molecule has 0 radical (unpaired) electrons. The topological polar surface area (TPSA) is 12.5 Å². The Labute approximate surface area is 122 Å². The lowest BCUT2D eigenvalue weighted by molar-refractivity contribution is 0.00713. The van der Waals surface area contributed by atoms with Gasteiger partial charge in [0.25, 0.3) is 0 Å². The molecule has 19 heavy (non-hydrogen) atoms. The number of nitrogens with zero attached hydrogens (tertiary/aromatic N) is 1. The molecule has 2 fully saturated rings. The van der Waals surface area contributed by atoms with Crippen LogP contribution in [0.15, 0.2) is 22.7 Å². The zero-order chi connectivity index (χ0) is 13.2. The third-order valence-electron chi connectivity index (χ3n) is 4.16. The van der Waals surface area contributed by atoms with E-state index in [2.05, 4.69) is 20.8 Å². The van der Waals surface area contributed by atoms with E-state index in [1.165, 1.54) is 38.4 Å². The maximum Gasteiger partial charge on any atom is 0.166 e. The van der Waals surface area contributed by atoms with Crippen LogP contribution in [0.2, 0.25) is 0 Å². The van der Waals surface area contributed by atoms with Crippen LogP contribution in [0.4, 0.5) is 4.39 Å². The Morgan fingerprint density at radius 1 is 1.16 bits per heavy atom. The second-order valence-corrected chi connectivity index (χ2v) is 6.45. The molecule has 0 bridgehead atoms. The third kappa shape index (κ3) is 3.11. The Bertz CT molecular complexity index is 442.